The van der Waals surface area contributed by atoms with Crippen LogP contribution in [-0.2, 0) is 19.7 Å². The zero-order valence-electron chi connectivity index (χ0n) is 17.5. The average Bonchev–Trinajstić information content (AvgIpc) is 2.73. The molecule has 2 heterocycles. The molecule has 3 rings (SSSR count). The third kappa shape index (κ3) is 5.14. The first-order valence-corrected chi connectivity index (χ1v) is 10.2. The van der Waals surface area contributed by atoms with Crippen molar-refractivity contribution in [3.63, 3.8) is 0 Å². The third-order valence-corrected chi connectivity index (χ3v) is 5.31. The van der Waals surface area contributed by atoms with Crippen LogP contribution in [0.3, 0.4) is 0 Å². The van der Waals surface area contributed by atoms with E-state index >= 15 is 0 Å². The van der Waals surface area contributed by atoms with Crippen molar-refractivity contribution in [2.24, 2.45) is 0 Å². The molecule has 0 atom stereocenters. The van der Waals surface area contributed by atoms with Crippen LogP contribution in [0.5, 0.6) is 5.88 Å². The van der Waals surface area contributed by atoms with Crippen molar-refractivity contribution in [2.75, 3.05) is 38.4 Å². The SMILES string of the molecule is CCOCCOc1ncc(NC(=O)C2(c3cccc(C)c3)CCOCC2)cc1C. The summed E-state index contributed by atoms with van der Waals surface area (Å²) in [5.41, 5.74) is 3.13. The Morgan fingerprint density at radius 3 is 2.69 bits per heavy atom. The molecule has 0 bridgehead atoms. The molecule has 1 aromatic heterocycles. The zero-order chi connectivity index (χ0) is 20.7. The zero-order valence-corrected chi connectivity index (χ0v) is 17.5. The second-order valence-electron chi connectivity index (χ2n) is 7.41. The second-order valence-corrected chi connectivity index (χ2v) is 7.41. The van der Waals surface area contributed by atoms with E-state index in [2.05, 4.69) is 16.4 Å². The van der Waals surface area contributed by atoms with Gasteiger partial charge in [0.2, 0.25) is 11.8 Å². The fraction of sp³-hybridized carbons (Fsp3) is 0.478. The van der Waals surface area contributed by atoms with Crippen molar-refractivity contribution in [2.45, 2.75) is 39.0 Å². The third-order valence-electron chi connectivity index (χ3n) is 5.31. The van der Waals surface area contributed by atoms with E-state index in [4.69, 9.17) is 14.2 Å². The van der Waals surface area contributed by atoms with Crippen LogP contribution in [0.25, 0.3) is 0 Å². The number of hydrogen-bond acceptors (Lipinski definition) is 5. The van der Waals surface area contributed by atoms with Crippen LogP contribution in [0, 0.1) is 13.8 Å². The Morgan fingerprint density at radius 1 is 1.21 bits per heavy atom. The van der Waals surface area contributed by atoms with Gasteiger partial charge >= 0.3 is 0 Å². The first-order valence-electron chi connectivity index (χ1n) is 10.2. The lowest BCUT2D eigenvalue weighted by molar-refractivity contribution is -0.125. The molecule has 0 spiro atoms. The monoisotopic (exact) mass is 398 g/mol. The van der Waals surface area contributed by atoms with Gasteiger partial charge in [-0.15, -0.1) is 0 Å². The Balaban J connectivity index is 1.75. The smallest absolute Gasteiger partial charge is 0.235 e. The van der Waals surface area contributed by atoms with Crippen molar-refractivity contribution < 1.29 is 19.0 Å². The minimum atomic E-state index is -0.592. The highest BCUT2D eigenvalue weighted by atomic mass is 16.5. The molecule has 1 aromatic carbocycles. The lowest BCUT2D eigenvalue weighted by atomic mass is 9.73. The molecule has 29 heavy (non-hydrogen) atoms. The van der Waals surface area contributed by atoms with E-state index in [0.29, 0.717) is 57.4 Å². The van der Waals surface area contributed by atoms with E-state index in [1.165, 1.54) is 0 Å². The van der Waals surface area contributed by atoms with Gasteiger partial charge in [0.05, 0.1) is 23.9 Å². The maximum absolute atomic E-state index is 13.4. The van der Waals surface area contributed by atoms with Gasteiger partial charge < -0.3 is 19.5 Å². The fourth-order valence-corrected chi connectivity index (χ4v) is 3.68. The largest absolute Gasteiger partial charge is 0.475 e. The van der Waals surface area contributed by atoms with Crippen LogP contribution < -0.4 is 10.1 Å². The topological polar surface area (TPSA) is 69.7 Å². The summed E-state index contributed by atoms with van der Waals surface area (Å²) in [4.78, 5) is 17.8. The average molecular weight is 399 g/mol. The van der Waals surface area contributed by atoms with E-state index in [0.717, 1.165) is 16.7 Å². The predicted molar refractivity (Wildman–Crippen MR) is 113 cm³/mol. The molecule has 1 aliphatic rings. The van der Waals surface area contributed by atoms with Gasteiger partial charge in [0.25, 0.3) is 0 Å². The minimum Gasteiger partial charge on any atom is -0.475 e. The Labute approximate surface area is 172 Å². The van der Waals surface area contributed by atoms with Crippen LogP contribution >= 0.6 is 0 Å². The van der Waals surface area contributed by atoms with Crippen molar-refractivity contribution in [1.29, 1.82) is 0 Å². The molecule has 1 N–H and O–H groups in total. The van der Waals surface area contributed by atoms with Gasteiger partial charge in [-0.2, -0.15) is 0 Å². The maximum atomic E-state index is 13.4. The number of anilines is 1. The number of amides is 1. The number of hydrogen-bond donors (Lipinski definition) is 1. The first kappa shape index (κ1) is 21.3. The van der Waals surface area contributed by atoms with Crippen LogP contribution in [0.2, 0.25) is 0 Å². The Hall–Kier alpha value is -2.44. The fourth-order valence-electron chi connectivity index (χ4n) is 3.68. The number of nitrogens with one attached hydrogen (secondary N) is 1. The van der Waals surface area contributed by atoms with Crippen molar-refractivity contribution in [3.05, 3.63) is 53.2 Å². The molecule has 1 fully saturated rings. The maximum Gasteiger partial charge on any atom is 0.235 e. The van der Waals surface area contributed by atoms with Crippen molar-refractivity contribution in [3.8, 4) is 5.88 Å². The highest BCUT2D eigenvalue weighted by Crippen LogP contribution is 2.36. The molecule has 0 radical (unpaired) electrons. The number of nitrogens with zero attached hydrogens (tertiary/aromatic N) is 1. The number of pyridine rings is 1. The molecule has 0 aliphatic carbocycles. The highest BCUT2D eigenvalue weighted by molar-refractivity contribution is 5.99. The molecule has 6 nitrogen and oxygen atoms in total. The summed E-state index contributed by atoms with van der Waals surface area (Å²) in [6.07, 6.45) is 2.96. The molecular weight excluding hydrogens is 368 g/mol. The first-order chi connectivity index (χ1) is 14.0. The standard InChI is InChI=1S/C23H30N2O4/c1-4-27-12-13-29-21-18(3)15-20(16-24-21)25-22(26)23(8-10-28-11-9-23)19-7-5-6-17(2)14-19/h5-7,14-16H,4,8-13H2,1-3H3,(H,25,26). The van der Waals surface area contributed by atoms with Gasteiger partial charge in [-0.1, -0.05) is 29.8 Å². The minimum absolute atomic E-state index is 0.0161. The van der Waals surface area contributed by atoms with E-state index in [-0.39, 0.29) is 5.91 Å². The van der Waals surface area contributed by atoms with Crippen LogP contribution in [0.15, 0.2) is 36.5 Å². The molecule has 156 valence electrons. The van der Waals surface area contributed by atoms with Gasteiger partial charge in [-0.05, 0) is 45.2 Å². The number of aromatic nitrogens is 1. The molecule has 0 saturated carbocycles. The van der Waals surface area contributed by atoms with Crippen LogP contribution in [0.4, 0.5) is 5.69 Å². The molecule has 2 aromatic rings. The number of ether oxygens (including phenoxy) is 3. The lowest BCUT2D eigenvalue weighted by Gasteiger charge is -2.36. The number of benzene rings is 1. The molecule has 6 heteroatoms. The van der Waals surface area contributed by atoms with Crippen molar-refractivity contribution in [1.82, 2.24) is 4.98 Å². The summed E-state index contributed by atoms with van der Waals surface area (Å²) in [6.45, 7) is 8.70. The summed E-state index contributed by atoms with van der Waals surface area (Å²) < 4.78 is 16.5. The van der Waals surface area contributed by atoms with Gasteiger partial charge in [0, 0.05) is 25.4 Å². The van der Waals surface area contributed by atoms with Crippen LogP contribution in [-0.4, -0.2) is 43.9 Å². The van der Waals surface area contributed by atoms with Gasteiger partial charge in [-0.3, -0.25) is 4.79 Å². The van der Waals surface area contributed by atoms with Gasteiger partial charge in [-0.25, -0.2) is 4.98 Å². The molecule has 1 amide bonds. The summed E-state index contributed by atoms with van der Waals surface area (Å²) in [7, 11) is 0. The predicted octanol–water partition coefficient (Wildman–Crippen LogP) is 3.80. The Bertz CT molecular complexity index is 831. The molecule has 1 aliphatic heterocycles. The summed E-state index contributed by atoms with van der Waals surface area (Å²) >= 11 is 0. The van der Waals surface area contributed by atoms with Crippen LogP contribution in [0.1, 0.15) is 36.5 Å². The highest BCUT2D eigenvalue weighted by Gasteiger charge is 2.41. The molecule has 0 unspecified atom stereocenters. The van der Waals surface area contributed by atoms with E-state index in [9.17, 15) is 4.79 Å². The van der Waals surface area contributed by atoms with Gasteiger partial charge in [0.15, 0.2) is 0 Å². The molecule has 1 saturated heterocycles. The molecular formula is C23H30N2O4. The van der Waals surface area contributed by atoms with E-state index < -0.39 is 5.41 Å². The lowest BCUT2D eigenvalue weighted by Crippen LogP contribution is -2.44. The Kier molecular flexibility index (Phi) is 7.23. The quantitative estimate of drug-likeness (QED) is 0.685. The van der Waals surface area contributed by atoms with E-state index in [1.807, 2.05) is 45.0 Å². The normalized spacial score (nSPS) is 15.7. The Morgan fingerprint density at radius 2 is 2.00 bits per heavy atom. The summed E-state index contributed by atoms with van der Waals surface area (Å²) in [5.74, 6) is 0.541. The summed E-state index contributed by atoms with van der Waals surface area (Å²) in [5, 5.41) is 3.08. The van der Waals surface area contributed by atoms with E-state index in [1.54, 1.807) is 6.20 Å². The summed E-state index contributed by atoms with van der Waals surface area (Å²) in [6, 6.07) is 10.1. The second kappa shape index (κ2) is 9.85. The number of carbonyl (C=O) groups is 1. The van der Waals surface area contributed by atoms with Gasteiger partial charge in [0.1, 0.15) is 6.61 Å². The number of aryl methyl sites for hydroxylation is 2. The van der Waals surface area contributed by atoms with Crippen molar-refractivity contribution >= 4 is 11.6 Å². The number of carbonyl (C=O) groups excluding carboxylic acids is 1. The number of rotatable bonds is 8.